The molecule has 0 spiro atoms. The van der Waals surface area contributed by atoms with Crippen molar-refractivity contribution in [3.63, 3.8) is 0 Å². The lowest BCUT2D eigenvalue weighted by molar-refractivity contribution is -0.870. The van der Waals surface area contributed by atoms with E-state index in [1.807, 2.05) is 0 Å². The number of quaternary nitrogens is 8. The summed E-state index contributed by atoms with van der Waals surface area (Å²) in [6.07, 6.45) is 50.4. The summed E-state index contributed by atoms with van der Waals surface area (Å²) in [7, 11) is 56.8. The molecule has 9 aromatic carbocycles. The second-order valence-corrected chi connectivity index (χ2v) is 53.0. The molecule has 0 N–H and O–H groups in total. The van der Waals surface area contributed by atoms with Crippen LogP contribution >= 0.6 is 0 Å². The first-order valence-corrected chi connectivity index (χ1v) is 56.0. The van der Waals surface area contributed by atoms with Gasteiger partial charge in [-0.2, -0.15) is 0 Å². The number of benzene rings is 9. The molecule has 0 saturated heterocycles. The lowest BCUT2D eigenvalue weighted by Gasteiger charge is -2.34. The molecule has 8 nitrogen and oxygen atoms in total. The maximum Gasteiger partial charge on any atom is 0.0780 e. The van der Waals surface area contributed by atoms with Crippen molar-refractivity contribution in [2.75, 3.05) is 222 Å². The Labute approximate surface area is 845 Å². The van der Waals surface area contributed by atoms with Gasteiger partial charge in [-0.25, -0.2) is 0 Å². The van der Waals surface area contributed by atoms with Crippen molar-refractivity contribution in [3.05, 3.63) is 226 Å². The number of hydrogen-bond donors (Lipinski definition) is 0. The molecule has 0 heterocycles. The van der Waals surface area contributed by atoms with Gasteiger partial charge in [0.15, 0.2) is 0 Å². The van der Waals surface area contributed by atoms with Gasteiger partial charge in [0, 0.05) is 21.7 Å². The largest absolute Gasteiger partial charge is 0.331 e. The van der Waals surface area contributed by atoms with Crippen LogP contribution in [0.4, 0.5) is 0 Å². The van der Waals surface area contributed by atoms with Crippen molar-refractivity contribution >= 4 is 0 Å². The van der Waals surface area contributed by atoms with E-state index in [-0.39, 0.29) is 21.7 Å². The monoisotopic (exact) mass is 1870 g/mol. The van der Waals surface area contributed by atoms with Crippen LogP contribution in [0.1, 0.15) is 301 Å². The van der Waals surface area contributed by atoms with Crippen molar-refractivity contribution in [3.8, 4) is 89.0 Å². The number of rotatable bonds is 60. The second kappa shape index (κ2) is 46.6. The Kier molecular flexibility index (Phi) is 36.4. The highest BCUT2D eigenvalue weighted by Gasteiger charge is 2.48. The van der Waals surface area contributed by atoms with Gasteiger partial charge in [0.2, 0.25) is 0 Å². The van der Waals surface area contributed by atoms with Crippen LogP contribution in [0, 0.1) is 0 Å². The first-order chi connectivity index (χ1) is 65.4. The average Bonchev–Trinajstić information content (AvgIpc) is 1.56. The topological polar surface area (TPSA) is 0 Å². The minimum absolute atomic E-state index is 0.00343. The van der Waals surface area contributed by atoms with Crippen LogP contribution in [-0.2, 0) is 21.7 Å². The fraction of sp³-hybridized carbons (Fsp3) is 0.585. The Bertz CT molecular complexity index is 4950. The molecule has 0 amide bonds. The van der Waals surface area contributed by atoms with Crippen molar-refractivity contribution in [2.24, 2.45) is 0 Å². The third-order valence-corrected chi connectivity index (χ3v) is 32.9. The van der Waals surface area contributed by atoms with E-state index in [1.165, 1.54) is 398 Å². The van der Waals surface area contributed by atoms with Crippen molar-refractivity contribution in [1.82, 2.24) is 0 Å². The minimum Gasteiger partial charge on any atom is -0.331 e. The van der Waals surface area contributed by atoms with Crippen LogP contribution in [0.25, 0.3) is 89.0 Å². The van der Waals surface area contributed by atoms with Gasteiger partial charge in [0.1, 0.15) is 0 Å². The summed E-state index contributed by atoms with van der Waals surface area (Å²) in [4.78, 5) is 0. The highest BCUT2D eigenvalue weighted by Crippen LogP contribution is 2.62. The van der Waals surface area contributed by atoms with Crippen molar-refractivity contribution in [1.29, 1.82) is 0 Å². The van der Waals surface area contributed by atoms with Crippen LogP contribution in [0.2, 0.25) is 0 Å². The van der Waals surface area contributed by atoms with Gasteiger partial charge in [-0.05, 0) is 324 Å². The summed E-state index contributed by atoms with van der Waals surface area (Å²) < 4.78 is 8.28. The molecule has 0 aromatic heterocycles. The number of nitrogens with zero attached hydrogens (tertiary/aromatic N) is 8. The molecular formula is C130H198N8+8. The third-order valence-electron chi connectivity index (χ3n) is 32.9. The molecule has 0 bridgehead atoms. The van der Waals surface area contributed by atoms with Crippen LogP contribution in [0.15, 0.2) is 182 Å². The maximum absolute atomic E-state index is 2.76. The predicted octanol–water partition coefficient (Wildman–Crippen LogP) is 30.7. The van der Waals surface area contributed by atoms with E-state index < -0.39 is 0 Å². The van der Waals surface area contributed by atoms with Crippen molar-refractivity contribution in [2.45, 2.75) is 278 Å². The molecule has 9 aromatic rings. The van der Waals surface area contributed by atoms with Gasteiger partial charge >= 0.3 is 0 Å². The van der Waals surface area contributed by atoms with Crippen molar-refractivity contribution < 1.29 is 35.9 Å². The van der Waals surface area contributed by atoms with Gasteiger partial charge in [-0.3, -0.25) is 0 Å². The molecule has 4 aliphatic carbocycles. The zero-order chi connectivity index (χ0) is 99.0. The van der Waals surface area contributed by atoms with Crippen LogP contribution in [-0.4, -0.2) is 257 Å². The highest BCUT2D eigenvalue weighted by atomic mass is 15.3. The lowest BCUT2D eigenvalue weighted by Crippen LogP contribution is -2.35. The van der Waals surface area contributed by atoms with Gasteiger partial charge in [0.05, 0.1) is 222 Å². The Balaban J connectivity index is 0.872. The highest BCUT2D eigenvalue weighted by molar-refractivity contribution is 5.91. The van der Waals surface area contributed by atoms with E-state index in [2.05, 4.69) is 351 Å². The molecule has 750 valence electrons. The lowest BCUT2D eigenvalue weighted by atomic mass is 9.69. The Morgan fingerprint density at radius 1 is 0.130 bits per heavy atom. The van der Waals surface area contributed by atoms with E-state index in [4.69, 9.17) is 0 Å². The maximum atomic E-state index is 2.76. The van der Waals surface area contributed by atoms with Crippen LogP contribution in [0.5, 0.6) is 0 Å². The normalized spacial score (nSPS) is 15.1. The molecule has 138 heavy (non-hydrogen) atoms. The number of hydrogen-bond acceptors (Lipinski definition) is 0. The third kappa shape index (κ3) is 28.6. The predicted molar refractivity (Wildman–Crippen MR) is 601 cm³/mol. The smallest absolute Gasteiger partial charge is 0.0780 e. The Morgan fingerprint density at radius 2 is 0.261 bits per heavy atom. The van der Waals surface area contributed by atoms with Crippen LogP contribution < -0.4 is 0 Å². The summed E-state index contributed by atoms with van der Waals surface area (Å²) in [6, 6.07) is 76.5. The summed E-state index contributed by atoms with van der Waals surface area (Å²) in [6.45, 7) is 9.84. The fourth-order valence-corrected chi connectivity index (χ4v) is 25.4. The standard InChI is InChI=1S/C130H198N8/c1-131(2,3)89-53-33-25-45-81-127(82-46-26-34-54-90-132(4,5)6)119-63-43-41-61-111(119)113-77-71-107(99-121(113)127)109-73-79-117-115-75-69-105(97-123(115)129(125(117)101-109,85-49-29-37-57-93-135(13,14)15)86-50-30-38-58-94-136(16,17)18)103-65-67-104(68-66-103)106-70-76-116-118-80-74-110(102-126(118)130(124(116)98-106,87-51-31-39-59-95-137(19,20)21)88-52-32-40-60-96-138(22,23)24)108-72-78-114-112-62-42-44-64-120(112)128(122(114)100-108,83-47-27-35-55-91-133(7,8)9)84-48-28-36-56-92-134(10,11)12/h41-44,61-80,97-102H,25-40,45-60,81-96H2,1-24H3/q+8. The molecule has 0 atom stereocenters. The molecule has 0 aliphatic heterocycles. The van der Waals surface area contributed by atoms with Crippen LogP contribution in [0.3, 0.4) is 0 Å². The molecule has 0 radical (unpaired) electrons. The van der Waals surface area contributed by atoms with Gasteiger partial charge in [-0.15, -0.1) is 0 Å². The number of fused-ring (bicyclic) bond motifs is 12. The first kappa shape index (κ1) is 108. The molecular weight excluding hydrogens is 1670 g/mol. The molecule has 0 fully saturated rings. The number of unbranched alkanes of at least 4 members (excludes halogenated alkanes) is 24. The van der Waals surface area contributed by atoms with Gasteiger partial charge in [0.25, 0.3) is 0 Å². The Hall–Kier alpha value is -7.34. The van der Waals surface area contributed by atoms with E-state index in [1.54, 1.807) is 44.5 Å². The summed E-state index contributed by atoms with van der Waals surface area (Å²) in [5.74, 6) is 0. The zero-order valence-electron chi connectivity index (χ0n) is 92.8. The van der Waals surface area contributed by atoms with Gasteiger partial charge in [-0.1, -0.05) is 248 Å². The van der Waals surface area contributed by atoms with Gasteiger partial charge < -0.3 is 35.9 Å². The molecule has 13 rings (SSSR count). The van der Waals surface area contributed by atoms with E-state index in [0.29, 0.717) is 0 Å². The first-order valence-electron chi connectivity index (χ1n) is 56.0. The molecule has 8 heteroatoms. The molecule has 0 saturated carbocycles. The summed E-state index contributed by atoms with van der Waals surface area (Å²) >= 11 is 0. The molecule has 0 unspecified atom stereocenters. The summed E-state index contributed by atoms with van der Waals surface area (Å²) in [5, 5.41) is 0. The SMILES string of the molecule is C[N+](C)(C)CCCCCCC1(CCCCCC[N+](C)(C)C)c2ccccc2-c2ccc(-c3ccc4c(c3)C(CCCCCC[N+](C)(C)C)(CCCCCC[N+](C)(C)C)c3cc(-c5ccc(-c6ccc7c(c6)C(CCCCCC[N+](C)(C)C)(CCCCCC[N+](C)(C)C)c6cc(-c8ccc9c(c8)C(CCCCCC[N+](C)(C)C)(CCCCCC[N+](C)(C)C)c8ccccc8-9)ccc6-7)cc5)ccc3-4)cc21. The minimum atomic E-state index is -0.118. The zero-order valence-corrected chi connectivity index (χ0v) is 92.8. The fourth-order valence-electron chi connectivity index (χ4n) is 25.4. The average molecular weight is 1870 g/mol. The van der Waals surface area contributed by atoms with E-state index >= 15 is 0 Å². The Morgan fingerprint density at radius 3 is 0.428 bits per heavy atom. The second-order valence-electron chi connectivity index (χ2n) is 53.0. The van der Waals surface area contributed by atoms with E-state index in [0.717, 1.165) is 35.9 Å². The summed E-state index contributed by atoms with van der Waals surface area (Å²) in [5.41, 5.74) is 35.2. The molecule has 4 aliphatic rings. The quantitative estimate of drug-likeness (QED) is 0.0263. The van der Waals surface area contributed by atoms with E-state index in [9.17, 15) is 0 Å².